The summed E-state index contributed by atoms with van der Waals surface area (Å²) in [6.07, 6.45) is 8.79. The van der Waals surface area contributed by atoms with Gasteiger partial charge in [0, 0.05) is 70.7 Å². The molecule has 9 heteroatoms. The first-order chi connectivity index (χ1) is 13.2. The molecule has 0 bridgehead atoms. The number of likely N-dealkylation sites (tertiary alicyclic amines) is 1. The number of halogens is 1. The molecule has 154 valence electrons. The van der Waals surface area contributed by atoms with E-state index in [0.29, 0.717) is 5.92 Å². The van der Waals surface area contributed by atoms with Crippen molar-refractivity contribution >= 4 is 46.4 Å². The minimum Gasteiger partial charge on any atom is -0.356 e. The van der Waals surface area contributed by atoms with Crippen LogP contribution in [0.15, 0.2) is 22.8 Å². The maximum Gasteiger partial charge on any atom is 0.193 e. The third-order valence-electron chi connectivity index (χ3n) is 5.48. The number of anilines is 1. The highest BCUT2D eigenvalue weighted by molar-refractivity contribution is 14.0. The highest BCUT2D eigenvalue weighted by atomic mass is 127. The molecule has 4 heterocycles. The number of nitrogens with one attached hydrogen (secondary N) is 1. The smallest absolute Gasteiger partial charge is 0.193 e. The van der Waals surface area contributed by atoms with Crippen LogP contribution in [0.4, 0.5) is 5.13 Å². The summed E-state index contributed by atoms with van der Waals surface area (Å²) in [4.78, 5) is 14.1. The van der Waals surface area contributed by atoms with Gasteiger partial charge in [-0.1, -0.05) is 0 Å². The number of hydrogen-bond donors (Lipinski definition) is 1. The molecular weight excluding hydrogens is 485 g/mol. The molecule has 1 N–H and O–H groups in total. The molecule has 0 radical (unpaired) electrons. The SMILES string of the molecule is CN=C(NCCc1csc(N2CCCC2)n1)N1CCC(c2cnn(C)c2)C1.I. The first kappa shape index (κ1) is 21.4. The summed E-state index contributed by atoms with van der Waals surface area (Å²) in [5.74, 6) is 1.54. The minimum atomic E-state index is 0. The van der Waals surface area contributed by atoms with Crippen molar-refractivity contribution in [1.29, 1.82) is 0 Å². The van der Waals surface area contributed by atoms with Crippen LogP contribution in [0.25, 0.3) is 0 Å². The van der Waals surface area contributed by atoms with Crippen molar-refractivity contribution in [3.8, 4) is 0 Å². The zero-order valence-electron chi connectivity index (χ0n) is 16.7. The molecule has 1 unspecified atom stereocenters. The molecular formula is C19H30IN7S. The predicted molar refractivity (Wildman–Crippen MR) is 126 cm³/mol. The largest absolute Gasteiger partial charge is 0.356 e. The average Bonchev–Trinajstić information content (AvgIpc) is 3.45. The highest BCUT2D eigenvalue weighted by Gasteiger charge is 2.26. The summed E-state index contributed by atoms with van der Waals surface area (Å²) in [5.41, 5.74) is 2.51. The van der Waals surface area contributed by atoms with E-state index in [-0.39, 0.29) is 24.0 Å². The predicted octanol–water partition coefficient (Wildman–Crippen LogP) is 2.70. The Hall–Kier alpha value is -1.36. The van der Waals surface area contributed by atoms with Gasteiger partial charge in [-0.3, -0.25) is 9.67 Å². The zero-order chi connectivity index (χ0) is 18.6. The molecule has 0 spiro atoms. The maximum absolute atomic E-state index is 4.81. The number of aromatic nitrogens is 3. The van der Waals surface area contributed by atoms with Crippen molar-refractivity contribution in [2.45, 2.75) is 31.6 Å². The Morgan fingerprint density at radius 3 is 2.86 bits per heavy atom. The summed E-state index contributed by atoms with van der Waals surface area (Å²) in [5, 5.41) is 11.2. The molecule has 2 saturated heterocycles. The number of hydrogen-bond acceptors (Lipinski definition) is 5. The molecule has 0 saturated carbocycles. The second kappa shape index (κ2) is 9.91. The molecule has 0 aromatic carbocycles. The van der Waals surface area contributed by atoms with Crippen LogP contribution in [0.1, 0.15) is 36.4 Å². The molecule has 0 aliphatic carbocycles. The van der Waals surface area contributed by atoms with E-state index in [1.54, 1.807) is 11.3 Å². The quantitative estimate of drug-likeness (QED) is 0.377. The van der Waals surface area contributed by atoms with Crippen molar-refractivity contribution in [3.63, 3.8) is 0 Å². The molecule has 0 amide bonds. The topological polar surface area (TPSA) is 61.6 Å². The summed E-state index contributed by atoms with van der Waals surface area (Å²) in [7, 11) is 3.85. The van der Waals surface area contributed by atoms with Crippen LogP contribution in [0.3, 0.4) is 0 Å². The van der Waals surface area contributed by atoms with Gasteiger partial charge in [-0.25, -0.2) is 4.98 Å². The van der Waals surface area contributed by atoms with Gasteiger partial charge in [0.25, 0.3) is 0 Å². The van der Waals surface area contributed by atoms with E-state index in [2.05, 4.69) is 36.8 Å². The number of nitrogens with zero attached hydrogens (tertiary/aromatic N) is 6. The Kier molecular flexibility index (Phi) is 7.55. The Labute approximate surface area is 188 Å². The number of thiazole rings is 1. The van der Waals surface area contributed by atoms with Crippen LogP contribution in [0, 0.1) is 0 Å². The molecule has 28 heavy (non-hydrogen) atoms. The normalized spacial score (nSPS) is 19.9. The van der Waals surface area contributed by atoms with Crippen LogP contribution in [0.5, 0.6) is 0 Å². The Balaban J connectivity index is 0.00000225. The lowest BCUT2D eigenvalue weighted by Gasteiger charge is -2.21. The minimum absolute atomic E-state index is 0. The van der Waals surface area contributed by atoms with E-state index in [0.717, 1.165) is 51.5 Å². The van der Waals surface area contributed by atoms with Crippen molar-refractivity contribution in [1.82, 2.24) is 25.0 Å². The van der Waals surface area contributed by atoms with Crippen LogP contribution < -0.4 is 10.2 Å². The monoisotopic (exact) mass is 515 g/mol. The highest BCUT2D eigenvalue weighted by Crippen LogP contribution is 2.27. The van der Waals surface area contributed by atoms with E-state index in [1.807, 2.05) is 25.0 Å². The van der Waals surface area contributed by atoms with E-state index >= 15 is 0 Å². The van der Waals surface area contributed by atoms with Crippen molar-refractivity contribution in [3.05, 3.63) is 29.0 Å². The zero-order valence-corrected chi connectivity index (χ0v) is 19.8. The fraction of sp³-hybridized carbons (Fsp3) is 0.632. The molecule has 4 rings (SSSR count). The third kappa shape index (κ3) is 4.97. The average molecular weight is 515 g/mol. The van der Waals surface area contributed by atoms with Gasteiger partial charge in [0.15, 0.2) is 11.1 Å². The van der Waals surface area contributed by atoms with Crippen molar-refractivity contribution < 1.29 is 0 Å². The first-order valence-electron chi connectivity index (χ1n) is 9.86. The standard InChI is InChI=1S/C19H29N7S.HI/c1-20-18(26-10-6-15(13-26)16-11-22-24(2)12-16)21-7-5-17-14-27-19(23-17)25-8-3-4-9-25;/h11-12,14-15H,3-10,13H2,1-2H3,(H,20,21);1H. The van der Waals surface area contributed by atoms with E-state index < -0.39 is 0 Å². The van der Waals surface area contributed by atoms with E-state index in [1.165, 1.54) is 29.2 Å². The Bertz CT molecular complexity index is 781. The van der Waals surface area contributed by atoms with Gasteiger partial charge in [0.2, 0.25) is 0 Å². The molecule has 2 aromatic rings. The summed E-state index contributed by atoms with van der Waals surface area (Å²) < 4.78 is 1.88. The molecule has 1 atom stereocenters. The lowest BCUT2D eigenvalue weighted by molar-refractivity contribution is 0.486. The van der Waals surface area contributed by atoms with Gasteiger partial charge in [-0.15, -0.1) is 35.3 Å². The van der Waals surface area contributed by atoms with Gasteiger partial charge >= 0.3 is 0 Å². The van der Waals surface area contributed by atoms with Crippen molar-refractivity contribution in [2.75, 3.05) is 44.7 Å². The van der Waals surface area contributed by atoms with Crippen molar-refractivity contribution in [2.24, 2.45) is 12.0 Å². The summed E-state index contributed by atoms with van der Waals surface area (Å²) >= 11 is 1.78. The van der Waals surface area contributed by atoms with Gasteiger partial charge < -0.3 is 15.1 Å². The maximum atomic E-state index is 4.81. The number of rotatable bonds is 5. The Morgan fingerprint density at radius 1 is 1.32 bits per heavy atom. The number of aryl methyl sites for hydroxylation is 1. The summed E-state index contributed by atoms with van der Waals surface area (Å²) in [6, 6.07) is 0. The van der Waals surface area contributed by atoms with Crippen LogP contribution in [-0.2, 0) is 13.5 Å². The number of guanidine groups is 1. The van der Waals surface area contributed by atoms with Crippen LogP contribution >= 0.6 is 35.3 Å². The fourth-order valence-corrected chi connectivity index (χ4v) is 4.89. The molecule has 2 aliphatic rings. The van der Waals surface area contributed by atoms with Crippen LogP contribution in [0.2, 0.25) is 0 Å². The second-order valence-electron chi connectivity index (χ2n) is 7.42. The second-order valence-corrected chi connectivity index (χ2v) is 8.26. The molecule has 2 aromatic heterocycles. The number of aliphatic imine (C=N–C) groups is 1. The van der Waals surface area contributed by atoms with Gasteiger partial charge in [0.05, 0.1) is 11.9 Å². The molecule has 2 aliphatic heterocycles. The molecule has 2 fully saturated rings. The summed E-state index contributed by atoms with van der Waals surface area (Å²) in [6.45, 7) is 5.22. The first-order valence-corrected chi connectivity index (χ1v) is 10.7. The molecule has 7 nitrogen and oxygen atoms in total. The van der Waals surface area contributed by atoms with Gasteiger partial charge in [-0.2, -0.15) is 5.10 Å². The van der Waals surface area contributed by atoms with E-state index in [4.69, 9.17) is 4.98 Å². The van der Waals surface area contributed by atoms with E-state index in [9.17, 15) is 0 Å². The van der Waals surface area contributed by atoms with Crippen LogP contribution in [-0.4, -0.2) is 65.4 Å². The Morgan fingerprint density at radius 2 is 2.14 bits per heavy atom. The van der Waals surface area contributed by atoms with Gasteiger partial charge in [0.1, 0.15) is 0 Å². The van der Waals surface area contributed by atoms with Gasteiger partial charge in [-0.05, 0) is 24.8 Å². The third-order valence-corrected chi connectivity index (χ3v) is 6.43. The fourth-order valence-electron chi connectivity index (χ4n) is 3.98. The lowest BCUT2D eigenvalue weighted by atomic mass is 10.0. The lowest BCUT2D eigenvalue weighted by Crippen LogP contribution is -2.40.